The second-order valence-electron chi connectivity index (χ2n) is 4.90. The van der Waals surface area contributed by atoms with Crippen molar-refractivity contribution in [2.75, 3.05) is 11.1 Å². The number of nitrogens with zero attached hydrogens (tertiary/aromatic N) is 4. The third-order valence-electron chi connectivity index (χ3n) is 3.39. The van der Waals surface area contributed by atoms with Gasteiger partial charge in [0.05, 0.1) is 6.33 Å². The first-order chi connectivity index (χ1) is 10.7. The molecule has 22 heavy (non-hydrogen) atoms. The summed E-state index contributed by atoms with van der Waals surface area (Å²) in [5.74, 6) is 0.153. The molecular formula is C15H16N6O. The number of rotatable bonds is 4. The summed E-state index contributed by atoms with van der Waals surface area (Å²) in [5.41, 5.74) is 8.76. The quantitative estimate of drug-likeness (QED) is 0.762. The van der Waals surface area contributed by atoms with Crippen LogP contribution >= 0.6 is 0 Å². The molecule has 1 amide bonds. The van der Waals surface area contributed by atoms with Gasteiger partial charge in [-0.2, -0.15) is 0 Å². The fraction of sp³-hybridized carbons (Fsp3) is 0.200. The summed E-state index contributed by atoms with van der Waals surface area (Å²) < 4.78 is 1.64. The zero-order valence-corrected chi connectivity index (χ0v) is 12.2. The van der Waals surface area contributed by atoms with E-state index in [4.69, 9.17) is 5.73 Å². The molecule has 2 aromatic heterocycles. The third kappa shape index (κ3) is 2.73. The van der Waals surface area contributed by atoms with Crippen molar-refractivity contribution in [2.24, 2.45) is 0 Å². The van der Waals surface area contributed by atoms with Crippen molar-refractivity contribution in [2.45, 2.75) is 19.9 Å². The lowest BCUT2D eigenvalue weighted by molar-refractivity contribution is -0.116. The number of benzene rings is 1. The highest BCUT2D eigenvalue weighted by molar-refractivity contribution is 5.91. The molecule has 0 atom stereocenters. The monoisotopic (exact) mass is 296 g/mol. The topological polar surface area (TPSA) is 98.7 Å². The fourth-order valence-electron chi connectivity index (χ4n) is 2.19. The van der Waals surface area contributed by atoms with Crippen LogP contribution in [0.15, 0.2) is 36.9 Å². The van der Waals surface area contributed by atoms with E-state index in [0.29, 0.717) is 17.0 Å². The molecule has 0 saturated carbocycles. The van der Waals surface area contributed by atoms with Gasteiger partial charge in [-0.25, -0.2) is 15.0 Å². The lowest BCUT2D eigenvalue weighted by Crippen LogP contribution is -2.18. The number of anilines is 2. The fourth-order valence-corrected chi connectivity index (χ4v) is 2.19. The first kappa shape index (κ1) is 14.0. The summed E-state index contributed by atoms with van der Waals surface area (Å²) in [7, 11) is 0. The van der Waals surface area contributed by atoms with E-state index in [0.717, 1.165) is 12.1 Å². The number of fused-ring (bicyclic) bond motifs is 1. The number of amides is 1. The maximum atomic E-state index is 12.1. The van der Waals surface area contributed by atoms with Crippen LogP contribution in [0.2, 0.25) is 0 Å². The largest absolute Gasteiger partial charge is 0.382 e. The van der Waals surface area contributed by atoms with E-state index in [1.807, 2.05) is 24.3 Å². The minimum Gasteiger partial charge on any atom is -0.382 e. The van der Waals surface area contributed by atoms with Gasteiger partial charge < -0.3 is 15.6 Å². The van der Waals surface area contributed by atoms with E-state index in [1.165, 1.54) is 18.2 Å². The Morgan fingerprint density at radius 1 is 1.23 bits per heavy atom. The number of aromatic nitrogens is 4. The maximum Gasteiger partial charge on any atom is 0.244 e. The van der Waals surface area contributed by atoms with Gasteiger partial charge in [0.25, 0.3) is 0 Å². The van der Waals surface area contributed by atoms with Crippen molar-refractivity contribution in [1.82, 2.24) is 19.5 Å². The predicted octanol–water partition coefficient (Wildman–Crippen LogP) is 1.61. The van der Waals surface area contributed by atoms with Crippen molar-refractivity contribution in [3.63, 3.8) is 0 Å². The number of carbonyl (C=O) groups is 1. The molecule has 0 bridgehead atoms. The van der Waals surface area contributed by atoms with Gasteiger partial charge in [-0.1, -0.05) is 19.1 Å². The second-order valence-corrected chi connectivity index (χ2v) is 4.90. The summed E-state index contributed by atoms with van der Waals surface area (Å²) in [4.78, 5) is 24.3. The SMILES string of the molecule is CCc1ccc(NC(=O)Cn2cnc3c(N)ncnc32)cc1. The predicted molar refractivity (Wildman–Crippen MR) is 84.2 cm³/mol. The van der Waals surface area contributed by atoms with Crippen molar-refractivity contribution >= 4 is 28.6 Å². The number of nitrogen functional groups attached to an aromatic ring is 1. The van der Waals surface area contributed by atoms with E-state index in [9.17, 15) is 4.79 Å². The first-order valence-electron chi connectivity index (χ1n) is 6.97. The van der Waals surface area contributed by atoms with E-state index < -0.39 is 0 Å². The average molecular weight is 296 g/mol. The lowest BCUT2D eigenvalue weighted by Gasteiger charge is -2.07. The average Bonchev–Trinajstić information content (AvgIpc) is 2.92. The number of carbonyl (C=O) groups excluding carboxylic acids is 1. The molecule has 0 unspecified atom stereocenters. The summed E-state index contributed by atoms with van der Waals surface area (Å²) in [5, 5.41) is 2.85. The molecular weight excluding hydrogens is 280 g/mol. The molecule has 3 rings (SSSR count). The molecule has 1 aromatic carbocycles. The van der Waals surface area contributed by atoms with Gasteiger partial charge in [-0.05, 0) is 24.1 Å². The van der Waals surface area contributed by atoms with Crippen LogP contribution in [0.4, 0.5) is 11.5 Å². The Hall–Kier alpha value is -2.96. The number of nitrogens with two attached hydrogens (primary N) is 1. The van der Waals surface area contributed by atoms with Crippen molar-refractivity contribution in [3.8, 4) is 0 Å². The molecule has 0 aliphatic rings. The minimum atomic E-state index is -0.152. The Bertz CT molecular complexity index is 809. The highest BCUT2D eigenvalue weighted by Crippen LogP contribution is 2.14. The highest BCUT2D eigenvalue weighted by atomic mass is 16.1. The Kier molecular flexibility index (Phi) is 3.69. The lowest BCUT2D eigenvalue weighted by atomic mass is 10.1. The molecule has 0 saturated heterocycles. The molecule has 0 radical (unpaired) electrons. The van der Waals surface area contributed by atoms with Crippen molar-refractivity contribution < 1.29 is 4.79 Å². The molecule has 0 aliphatic carbocycles. The van der Waals surface area contributed by atoms with Gasteiger partial charge in [-0.3, -0.25) is 4.79 Å². The molecule has 3 aromatic rings. The van der Waals surface area contributed by atoms with Gasteiger partial charge in [0.2, 0.25) is 5.91 Å². The van der Waals surface area contributed by atoms with Gasteiger partial charge in [0, 0.05) is 5.69 Å². The van der Waals surface area contributed by atoms with Crippen LogP contribution < -0.4 is 11.1 Å². The van der Waals surface area contributed by atoms with E-state index in [2.05, 4.69) is 27.2 Å². The van der Waals surface area contributed by atoms with E-state index in [-0.39, 0.29) is 12.5 Å². The molecule has 7 heteroatoms. The number of nitrogens with one attached hydrogen (secondary N) is 1. The molecule has 0 fully saturated rings. The Morgan fingerprint density at radius 3 is 2.73 bits per heavy atom. The van der Waals surface area contributed by atoms with Gasteiger partial charge in [0.1, 0.15) is 18.4 Å². The van der Waals surface area contributed by atoms with Crippen molar-refractivity contribution in [3.05, 3.63) is 42.5 Å². The van der Waals surface area contributed by atoms with Crippen LogP contribution in [0.5, 0.6) is 0 Å². The molecule has 7 nitrogen and oxygen atoms in total. The van der Waals surface area contributed by atoms with E-state index >= 15 is 0 Å². The van der Waals surface area contributed by atoms with Crippen LogP contribution in [0, 0.1) is 0 Å². The minimum absolute atomic E-state index is 0.114. The zero-order chi connectivity index (χ0) is 15.5. The van der Waals surface area contributed by atoms with Crippen LogP contribution in [0.1, 0.15) is 12.5 Å². The normalized spacial score (nSPS) is 10.8. The highest BCUT2D eigenvalue weighted by Gasteiger charge is 2.11. The number of hydrogen-bond acceptors (Lipinski definition) is 5. The third-order valence-corrected chi connectivity index (χ3v) is 3.39. The number of aryl methyl sites for hydroxylation is 1. The van der Waals surface area contributed by atoms with Gasteiger partial charge in [-0.15, -0.1) is 0 Å². The number of imidazole rings is 1. The van der Waals surface area contributed by atoms with E-state index in [1.54, 1.807) is 4.57 Å². The van der Waals surface area contributed by atoms with Gasteiger partial charge in [0.15, 0.2) is 11.5 Å². The van der Waals surface area contributed by atoms with Crippen LogP contribution in [0.3, 0.4) is 0 Å². The second kappa shape index (κ2) is 5.80. The van der Waals surface area contributed by atoms with Crippen molar-refractivity contribution in [1.29, 1.82) is 0 Å². The standard InChI is InChI=1S/C15H16N6O/c1-2-10-3-5-11(6-4-10)20-12(22)7-21-9-19-13-14(16)17-8-18-15(13)21/h3-6,8-9H,2,7H2,1H3,(H,20,22)(H2,16,17,18). The molecule has 112 valence electrons. The molecule has 0 aliphatic heterocycles. The van der Waals surface area contributed by atoms with Crippen LogP contribution in [0.25, 0.3) is 11.2 Å². The molecule has 0 spiro atoms. The maximum absolute atomic E-state index is 12.1. The summed E-state index contributed by atoms with van der Waals surface area (Å²) in [6.07, 6.45) is 3.86. The summed E-state index contributed by atoms with van der Waals surface area (Å²) in [6.45, 7) is 2.20. The molecule has 3 N–H and O–H groups in total. The van der Waals surface area contributed by atoms with Crippen LogP contribution in [-0.2, 0) is 17.8 Å². The Balaban J connectivity index is 1.74. The zero-order valence-electron chi connectivity index (χ0n) is 12.2. The summed E-state index contributed by atoms with van der Waals surface area (Å²) in [6, 6.07) is 7.78. The van der Waals surface area contributed by atoms with Crippen LogP contribution in [-0.4, -0.2) is 25.4 Å². The molecule has 2 heterocycles. The number of hydrogen-bond donors (Lipinski definition) is 2. The smallest absolute Gasteiger partial charge is 0.244 e. The Labute approximate surface area is 127 Å². The van der Waals surface area contributed by atoms with Gasteiger partial charge >= 0.3 is 0 Å². The first-order valence-corrected chi connectivity index (χ1v) is 6.97. The Morgan fingerprint density at radius 2 is 2.00 bits per heavy atom. The summed E-state index contributed by atoms with van der Waals surface area (Å²) >= 11 is 0.